The Morgan fingerprint density at radius 1 is 1.26 bits per heavy atom. The first-order chi connectivity index (χ1) is 10.9. The molecule has 130 valence electrons. The lowest BCUT2D eigenvalue weighted by atomic mass is 9.80. The number of piperidine rings is 1. The minimum atomic E-state index is -3.45. The van der Waals surface area contributed by atoms with Crippen LogP contribution in [0.1, 0.15) is 18.4 Å². The standard InChI is InChI=1S/C15H22Cl2N2O3S/c1-22-11-15(4-6-18-7-5-15)10-19-23(20,21)9-12-2-3-13(16)14(17)8-12/h2-3,8,18-19H,4-7,9-11H2,1H3. The Morgan fingerprint density at radius 2 is 1.96 bits per heavy atom. The maximum absolute atomic E-state index is 12.3. The van der Waals surface area contributed by atoms with E-state index in [9.17, 15) is 8.42 Å². The molecule has 0 spiro atoms. The number of hydrogen-bond acceptors (Lipinski definition) is 4. The summed E-state index contributed by atoms with van der Waals surface area (Å²) >= 11 is 11.8. The molecule has 0 saturated carbocycles. The Labute approximate surface area is 147 Å². The molecule has 0 radical (unpaired) electrons. The van der Waals surface area contributed by atoms with Crippen LogP contribution >= 0.6 is 23.2 Å². The van der Waals surface area contributed by atoms with Crippen LogP contribution in [-0.2, 0) is 20.5 Å². The highest BCUT2D eigenvalue weighted by molar-refractivity contribution is 7.88. The van der Waals surface area contributed by atoms with E-state index in [-0.39, 0.29) is 11.2 Å². The number of nitrogens with one attached hydrogen (secondary N) is 2. The highest BCUT2D eigenvalue weighted by Gasteiger charge is 2.33. The maximum Gasteiger partial charge on any atom is 0.215 e. The van der Waals surface area contributed by atoms with Gasteiger partial charge in [0.1, 0.15) is 0 Å². The van der Waals surface area contributed by atoms with E-state index in [2.05, 4.69) is 10.0 Å². The summed E-state index contributed by atoms with van der Waals surface area (Å²) in [6.45, 7) is 2.67. The number of rotatable bonds is 7. The van der Waals surface area contributed by atoms with Gasteiger partial charge in [-0.05, 0) is 43.6 Å². The molecular formula is C15H22Cl2N2O3S. The van der Waals surface area contributed by atoms with E-state index in [1.54, 1.807) is 25.3 Å². The summed E-state index contributed by atoms with van der Waals surface area (Å²) < 4.78 is 32.7. The van der Waals surface area contributed by atoms with Crippen LogP contribution in [0.4, 0.5) is 0 Å². The van der Waals surface area contributed by atoms with E-state index >= 15 is 0 Å². The molecule has 0 aromatic heterocycles. The summed E-state index contributed by atoms with van der Waals surface area (Å²) in [5.41, 5.74) is 0.461. The smallest absolute Gasteiger partial charge is 0.215 e. The monoisotopic (exact) mass is 380 g/mol. The Kier molecular flexibility index (Phi) is 6.71. The van der Waals surface area contributed by atoms with Crippen molar-refractivity contribution in [3.05, 3.63) is 33.8 Å². The lowest BCUT2D eigenvalue weighted by molar-refractivity contribution is 0.0577. The molecule has 1 saturated heterocycles. The number of ether oxygens (including phenoxy) is 1. The van der Waals surface area contributed by atoms with Gasteiger partial charge in [-0.15, -0.1) is 0 Å². The fraction of sp³-hybridized carbons (Fsp3) is 0.600. The van der Waals surface area contributed by atoms with Crippen LogP contribution in [0.25, 0.3) is 0 Å². The average molecular weight is 381 g/mol. The van der Waals surface area contributed by atoms with Crippen molar-refractivity contribution in [2.75, 3.05) is 33.4 Å². The maximum atomic E-state index is 12.3. The second-order valence-corrected chi connectivity index (χ2v) is 8.63. The lowest BCUT2D eigenvalue weighted by Crippen LogP contribution is -2.47. The minimum Gasteiger partial charge on any atom is -0.384 e. The summed E-state index contributed by atoms with van der Waals surface area (Å²) in [7, 11) is -1.80. The molecule has 2 rings (SSSR count). The van der Waals surface area contributed by atoms with E-state index in [0.717, 1.165) is 25.9 Å². The predicted octanol–water partition coefficient (Wildman–Crippen LogP) is 2.43. The summed E-state index contributed by atoms with van der Waals surface area (Å²) in [5, 5.41) is 4.05. The molecule has 1 aliphatic heterocycles. The largest absolute Gasteiger partial charge is 0.384 e. The van der Waals surface area contributed by atoms with E-state index in [4.69, 9.17) is 27.9 Å². The van der Waals surface area contributed by atoms with Crippen molar-refractivity contribution in [2.45, 2.75) is 18.6 Å². The molecule has 0 amide bonds. The summed E-state index contributed by atoms with van der Waals surface area (Å²) in [4.78, 5) is 0. The Morgan fingerprint density at radius 3 is 2.57 bits per heavy atom. The molecule has 5 nitrogen and oxygen atoms in total. The second kappa shape index (κ2) is 8.14. The van der Waals surface area contributed by atoms with Gasteiger partial charge >= 0.3 is 0 Å². The first kappa shape index (κ1) is 19.0. The van der Waals surface area contributed by atoms with Gasteiger partial charge in [-0.1, -0.05) is 29.3 Å². The van der Waals surface area contributed by atoms with Gasteiger partial charge in [0.25, 0.3) is 0 Å². The number of sulfonamides is 1. The average Bonchev–Trinajstić information content (AvgIpc) is 2.50. The van der Waals surface area contributed by atoms with Crippen LogP contribution in [0.3, 0.4) is 0 Å². The van der Waals surface area contributed by atoms with Crippen molar-refractivity contribution in [1.82, 2.24) is 10.0 Å². The van der Waals surface area contributed by atoms with Gasteiger partial charge in [0.05, 0.1) is 22.4 Å². The fourth-order valence-electron chi connectivity index (χ4n) is 2.80. The van der Waals surface area contributed by atoms with Crippen LogP contribution in [0.15, 0.2) is 18.2 Å². The summed E-state index contributed by atoms with van der Waals surface area (Å²) in [6, 6.07) is 4.86. The summed E-state index contributed by atoms with van der Waals surface area (Å²) in [5.74, 6) is -0.120. The molecule has 0 aliphatic carbocycles. The van der Waals surface area contributed by atoms with Crippen molar-refractivity contribution in [3.63, 3.8) is 0 Å². The highest BCUT2D eigenvalue weighted by atomic mass is 35.5. The van der Waals surface area contributed by atoms with Crippen molar-refractivity contribution in [1.29, 1.82) is 0 Å². The van der Waals surface area contributed by atoms with E-state index in [0.29, 0.717) is 28.8 Å². The SMILES string of the molecule is COCC1(CNS(=O)(=O)Cc2ccc(Cl)c(Cl)c2)CCNCC1. The zero-order chi connectivity index (χ0) is 16.9. The molecule has 0 unspecified atom stereocenters. The van der Waals surface area contributed by atoms with Crippen LogP contribution in [0, 0.1) is 5.41 Å². The van der Waals surface area contributed by atoms with Crippen molar-refractivity contribution in [2.24, 2.45) is 5.41 Å². The molecule has 0 atom stereocenters. The molecule has 23 heavy (non-hydrogen) atoms. The van der Waals surface area contributed by atoms with Gasteiger partial charge < -0.3 is 10.1 Å². The van der Waals surface area contributed by atoms with Gasteiger partial charge in [0.15, 0.2) is 0 Å². The number of benzene rings is 1. The fourth-order valence-corrected chi connectivity index (χ4v) is 4.37. The predicted molar refractivity (Wildman–Crippen MR) is 93.5 cm³/mol. The van der Waals surface area contributed by atoms with Gasteiger partial charge in [0.2, 0.25) is 10.0 Å². The third-order valence-corrected chi connectivity index (χ3v) is 6.16. The van der Waals surface area contributed by atoms with Crippen molar-refractivity contribution in [3.8, 4) is 0 Å². The first-order valence-corrected chi connectivity index (χ1v) is 9.88. The first-order valence-electron chi connectivity index (χ1n) is 7.47. The van der Waals surface area contributed by atoms with Gasteiger partial charge in [0, 0.05) is 19.1 Å². The molecule has 1 aliphatic rings. The quantitative estimate of drug-likeness (QED) is 0.761. The molecule has 2 N–H and O–H groups in total. The van der Waals surface area contributed by atoms with Crippen LogP contribution in [-0.4, -0.2) is 41.8 Å². The van der Waals surface area contributed by atoms with Crippen LogP contribution in [0.2, 0.25) is 10.0 Å². The molecule has 1 heterocycles. The molecule has 0 bridgehead atoms. The number of methoxy groups -OCH3 is 1. The van der Waals surface area contributed by atoms with Gasteiger partial charge in [-0.2, -0.15) is 0 Å². The van der Waals surface area contributed by atoms with E-state index in [1.165, 1.54) is 0 Å². The molecule has 1 aromatic carbocycles. The van der Waals surface area contributed by atoms with Gasteiger partial charge in [-0.3, -0.25) is 0 Å². The third kappa shape index (κ3) is 5.59. The Bertz CT molecular complexity index is 626. The van der Waals surface area contributed by atoms with Crippen molar-refractivity contribution < 1.29 is 13.2 Å². The minimum absolute atomic E-state index is 0.120. The normalized spacial score (nSPS) is 18.0. The zero-order valence-corrected chi connectivity index (χ0v) is 15.4. The number of hydrogen-bond donors (Lipinski definition) is 2. The Balaban J connectivity index is 2.00. The summed E-state index contributed by atoms with van der Waals surface area (Å²) in [6.07, 6.45) is 1.77. The number of halogens is 2. The lowest BCUT2D eigenvalue weighted by Gasteiger charge is -2.37. The highest BCUT2D eigenvalue weighted by Crippen LogP contribution is 2.29. The topological polar surface area (TPSA) is 67.4 Å². The van der Waals surface area contributed by atoms with E-state index in [1.807, 2.05) is 0 Å². The molecular weight excluding hydrogens is 359 g/mol. The van der Waals surface area contributed by atoms with Crippen molar-refractivity contribution >= 4 is 33.2 Å². The van der Waals surface area contributed by atoms with Crippen LogP contribution < -0.4 is 10.0 Å². The van der Waals surface area contributed by atoms with Gasteiger partial charge in [-0.25, -0.2) is 13.1 Å². The molecule has 1 fully saturated rings. The second-order valence-electron chi connectivity index (χ2n) is 6.01. The zero-order valence-electron chi connectivity index (χ0n) is 13.1. The molecule has 1 aromatic rings. The van der Waals surface area contributed by atoms with Crippen LogP contribution in [0.5, 0.6) is 0 Å². The molecule has 8 heteroatoms. The van der Waals surface area contributed by atoms with E-state index < -0.39 is 10.0 Å². The third-order valence-electron chi connectivity index (χ3n) is 4.12. The Hall–Kier alpha value is -0.370.